The zero-order valence-corrected chi connectivity index (χ0v) is 8.39. The fraction of sp³-hybridized carbons (Fsp3) is 0.455. The van der Waals surface area contributed by atoms with E-state index in [1.807, 2.05) is 12.1 Å². The monoisotopic (exact) mass is 206 g/mol. The summed E-state index contributed by atoms with van der Waals surface area (Å²) in [4.78, 5) is 14.9. The Labute approximate surface area is 88.3 Å². The topological polar surface area (TPSA) is 62.2 Å². The number of carbonyl (C=O) groups is 1. The van der Waals surface area contributed by atoms with Crippen LogP contribution in [0.15, 0.2) is 24.5 Å². The lowest BCUT2D eigenvalue weighted by Gasteiger charge is -2.14. The fourth-order valence-corrected chi connectivity index (χ4v) is 2.09. The van der Waals surface area contributed by atoms with Crippen LogP contribution < -0.4 is 5.32 Å². The van der Waals surface area contributed by atoms with Crippen molar-refractivity contribution < 1.29 is 9.90 Å². The van der Waals surface area contributed by atoms with Crippen LogP contribution >= 0.6 is 0 Å². The minimum Gasteiger partial charge on any atom is -0.480 e. The third-order valence-corrected chi connectivity index (χ3v) is 2.86. The zero-order valence-electron chi connectivity index (χ0n) is 8.39. The average molecular weight is 206 g/mol. The molecule has 1 aliphatic rings. The van der Waals surface area contributed by atoms with Gasteiger partial charge in [-0.15, -0.1) is 0 Å². The molecule has 0 bridgehead atoms. The van der Waals surface area contributed by atoms with Gasteiger partial charge in [-0.2, -0.15) is 0 Å². The van der Waals surface area contributed by atoms with E-state index in [2.05, 4.69) is 10.3 Å². The quantitative estimate of drug-likeness (QED) is 0.763. The van der Waals surface area contributed by atoms with Gasteiger partial charge in [0.05, 0.1) is 0 Å². The maximum Gasteiger partial charge on any atom is 0.320 e. The predicted octanol–water partition coefficient (Wildman–Crippen LogP) is 0.687. The molecule has 4 heteroatoms. The van der Waals surface area contributed by atoms with Crippen molar-refractivity contribution in [1.82, 2.24) is 10.3 Å². The number of carboxylic acids is 1. The molecule has 0 radical (unpaired) electrons. The van der Waals surface area contributed by atoms with Crippen molar-refractivity contribution in [2.75, 3.05) is 6.54 Å². The number of aromatic nitrogens is 1. The second kappa shape index (κ2) is 4.40. The Morgan fingerprint density at radius 2 is 2.27 bits per heavy atom. The molecule has 2 atom stereocenters. The van der Waals surface area contributed by atoms with Crippen molar-refractivity contribution in [2.45, 2.75) is 18.9 Å². The van der Waals surface area contributed by atoms with E-state index < -0.39 is 12.0 Å². The molecule has 0 spiro atoms. The minimum absolute atomic E-state index is 0.199. The highest BCUT2D eigenvalue weighted by atomic mass is 16.4. The van der Waals surface area contributed by atoms with E-state index in [4.69, 9.17) is 5.11 Å². The van der Waals surface area contributed by atoms with Gasteiger partial charge in [0.25, 0.3) is 0 Å². The summed E-state index contributed by atoms with van der Waals surface area (Å²) in [7, 11) is 0. The Balaban J connectivity index is 2.03. The van der Waals surface area contributed by atoms with E-state index in [-0.39, 0.29) is 5.92 Å². The largest absolute Gasteiger partial charge is 0.480 e. The van der Waals surface area contributed by atoms with Crippen LogP contribution in [0.4, 0.5) is 0 Å². The number of aliphatic carboxylic acids is 1. The second-order valence-corrected chi connectivity index (χ2v) is 3.88. The highest BCUT2D eigenvalue weighted by molar-refractivity contribution is 5.74. The van der Waals surface area contributed by atoms with Crippen LogP contribution in [0.2, 0.25) is 0 Å². The summed E-state index contributed by atoms with van der Waals surface area (Å²) in [6.07, 6.45) is 5.23. The van der Waals surface area contributed by atoms with Crippen molar-refractivity contribution in [3.8, 4) is 0 Å². The molecule has 1 aromatic heterocycles. The van der Waals surface area contributed by atoms with E-state index >= 15 is 0 Å². The Kier molecular flexibility index (Phi) is 2.97. The summed E-state index contributed by atoms with van der Waals surface area (Å²) in [5.74, 6) is -0.545. The molecule has 0 aromatic carbocycles. The van der Waals surface area contributed by atoms with Gasteiger partial charge < -0.3 is 10.4 Å². The Morgan fingerprint density at radius 3 is 2.93 bits per heavy atom. The molecule has 80 valence electrons. The molecule has 15 heavy (non-hydrogen) atoms. The summed E-state index contributed by atoms with van der Waals surface area (Å²) in [6.45, 7) is 0.798. The van der Waals surface area contributed by atoms with E-state index in [0.717, 1.165) is 24.9 Å². The Bertz CT molecular complexity index is 340. The molecule has 2 unspecified atom stereocenters. The van der Waals surface area contributed by atoms with E-state index in [9.17, 15) is 4.79 Å². The van der Waals surface area contributed by atoms with Gasteiger partial charge in [-0.25, -0.2) is 0 Å². The number of pyridine rings is 1. The van der Waals surface area contributed by atoms with Gasteiger partial charge in [-0.1, -0.05) is 0 Å². The first-order valence-electron chi connectivity index (χ1n) is 5.12. The van der Waals surface area contributed by atoms with Crippen LogP contribution in [0.25, 0.3) is 0 Å². The first kappa shape index (κ1) is 10.1. The molecule has 1 aliphatic heterocycles. The summed E-state index contributed by atoms with van der Waals surface area (Å²) in [6, 6.07) is 3.49. The van der Waals surface area contributed by atoms with Gasteiger partial charge >= 0.3 is 5.97 Å². The highest BCUT2D eigenvalue weighted by Gasteiger charge is 2.32. The second-order valence-electron chi connectivity index (χ2n) is 3.88. The molecule has 0 aliphatic carbocycles. The summed E-state index contributed by atoms with van der Waals surface area (Å²) in [5.41, 5.74) is 1.16. The Morgan fingerprint density at radius 1 is 1.53 bits per heavy atom. The van der Waals surface area contributed by atoms with E-state index in [1.54, 1.807) is 12.4 Å². The summed E-state index contributed by atoms with van der Waals surface area (Å²) < 4.78 is 0. The molecule has 4 nitrogen and oxygen atoms in total. The van der Waals surface area contributed by atoms with E-state index in [1.165, 1.54) is 0 Å². The number of nitrogens with one attached hydrogen (secondary N) is 1. The predicted molar refractivity (Wildman–Crippen MR) is 55.5 cm³/mol. The van der Waals surface area contributed by atoms with Crippen molar-refractivity contribution in [3.05, 3.63) is 30.1 Å². The van der Waals surface area contributed by atoms with Gasteiger partial charge in [0.15, 0.2) is 0 Å². The molecule has 0 saturated carbocycles. The summed E-state index contributed by atoms with van der Waals surface area (Å²) >= 11 is 0. The van der Waals surface area contributed by atoms with Crippen LogP contribution in [0.1, 0.15) is 12.0 Å². The van der Waals surface area contributed by atoms with Crippen LogP contribution in [0.5, 0.6) is 0 Å². The number of nitrogens with zero attached hydrogens (tertiary/aromatic N) is 1. The van der Waals surface area contributed by atoms with Gasteiger partial charge in [0.2, 0.25) is 0 Å². The lowest BCUT2D eigenvalue weighted by Crippen LogP contribution is -2.36. The number of hydrogen-bond donors (Lipinski definition) is 2. The van der Waals surface area contributed by atoms with Gasteiger partial charge in [0.1, 0.15) is 6.04 Å². The van der Waals surface area contributed by atoms with Crippen LogP contribution in [-0.2, 0) is 11.2 Å². The molecule has 2 N–H and O–H groups in total. The van der Waals surface area contributed by atoms with Crippen LogP contribution in [0, 0.1) is 5.92 Å². The van der Waals surface area contributed by atoms with Crippen molar-refractivity contribution in [2.24, 2.45) is 5.92 Å². The molecular formula is C11H14N2O2. The normalized spacial score (nSPS) is 25.3. The molecule has 2 heterocycles. The highest BCUT2D eigenvalue weighted by Crippen LogP contribution is 2.20. The standard InChI is InChI=1S/C11H14N2O2/c14-11(15)10-9(3-6-13-10)7-8-1-4-12-5-2-8/h1-2,4-5,9-10,13H,3,6-7H2,(H,14,15). The lowest BCUT2D eigenvalue weighted by molar-refractivity contribution is -0.140. The summed E-state index contributed by atoms with van der Waals surface area (Å²) in [5, 5.41) is 12.0. The first-order valence-corrected chi connectivity index (χ1v) is 5.12. The first-order chi connectivity index (χ1) is 7.27. The number of hydrogen-bond acceptors (Lipinski definition) is 3. The number of rotatable bonds is 3. The molecule has 0 amide bonds. The van der Waals surface area contributed by atoms with Crippen LogP contribution in [-0.4, -0.2) is 28.6 Å². The van der Waals surface area contributed by atoms with Crippen molar-refractivity contribution >= 4 is 5.97 Å². The van der Waals surface area contributed by atoms with Crippen LogP contribution in [0.3, 0.4) is 0 Å². The van der Waals surface area contributed by atoms with Gasteiger partial charge in [0, 0.05) is 12.4 Å². The lowest BCUT2D eigenvalue weighted by atomic mass is 9.93. The molecular weight excluding hydrogens is 192 g/mol. The smallest absolute Gasteiger partial charge is 0.320 e. The number of carboxylic acid groups (broad SMARTS) is 1. The maximum atomic E-state index is 10.9. The fourth-order valence-electron chi connectivity index (χ4n) is 2.09. The molecule has 1 saturated heterocycles. The van der Waals surface area contributed by atoms with Crippen molar-refractivity contribution in [1.29, 1.82) is 0 Å². The van der Waals surface area contributed by atoms with Gasteiger partial charge in [-0.3, -0.25) is 9.78 Å². The third-order valence-electron chi connectivity index (χ3n) is 2.86. The third kappa shape index (κ3) is 2.33. The van der Waals surface area contributed by atoms with E-state index in [0.29, 0.717) is 0 Å². The van der Waals surface area contributed by atoms with Crippen molar-refractivity contribution in [3.63, 3.8) is 0 Å². The SMILES string of the molecule is O=C(O)C1NCCC1Cc1ccncc1. The minimum atomic E-state index is -0.744. The molecule has 1 fully saturated rings. The maximum absolute atomic E-state index is 10.9. The molecule has 1 aromatic rings. The Hall–Kier alpha value is -1.42. The molecule has 2 rings (SSSR count). The average Bonchev–Trinajstić information content (AvgIpc) is 2.67. The van der Waals surface area contributed by atoms with Gasteiger partial charge in [-0.05, 0) is 43.0 Å². The zero-order chi connectivity index (χ0) is 10.7.